The van der Waals surface area contributed by atoms with Crippen molar-refractivity contribution in [1.82, 2.24) is 44.6 Å². The highest BCUT2D eigenvalue weighted by Gasteiger charge is 2.38. The summed E-state index contributed by atoms with van der Waals surface area (Å²) in [7, 11) is 0. The standard InChI is InChI=1S/C27H22F3N9/c1-15-11-39(14-33-15)20-4-6-32-25-23(20)34-26(35-25)24-21-19(36-37-24)3-2-18(22(21)28)17-8-16(9-31-10-17)12-38-7-5-27(29,30)13-38/h2-4,6,8-11,14H,5,7,12-13H2,1H3,(H,36,37)(H,32,34,35). The first kappa shape index (κ1) is 23.5. The Kier molecular flexibility index (Phi) is 5.27. The highest BCUT2D eigenvalue weighted by Crippen LogP contribution is 2.35. The van der Waals surface area contributed by atoms with E-state index in [-0.39, 0.29) is 18.4 Å². The van der Waals surface area contributed by atoms with Gasteiger partial charge in [-0.2, -0.15) is 5.10 Å². The Labute approximate surface area is 219 Å². The maximum absolute atomic E-state index is 16.1. The van der Waals surface area contributed by atoms with E-state index >= 15 is 4.39 Å². The maximum Gasteiger partial charge on any atom is 0.261 e. The van der Waals surface area contributed by atoms with Crippen LogP contribution in [0.5, 0.6) is 0 Å². The normalized spacial score (nSPS) is 15.6. The van der Waals surface area contributed by atoms with Crippen LogP contribution in [0, 0.1) is 12.7 Å². The summed E-state index contributed by atoms with van der Waals surface area (Å²) in [4.78, 5) is 22.5. The number of H-pyrrole nitrogens is 2. The summed E-state index contributed by atoms with van der Waals surface area (Å²) < 4.78 is 45.2. The lowest BCUT2D eigenvalue weighted by atomic mass is 10.0. The first-order chi connectivity index (χ1) is 18.8. The summed E-state index contributed by atoms with van der Waals surface area (Å²) in [6, 6.07) is 7.04. The number of pyridine rings is 2. The van der Waals surface area contributed by atoms with E-state index in [0.29, 0.717) is 52.4 Å². The summed E-state index contributed by atoms with van der Waals surface area (Å²) in [5.74, 6) is -2.79. The number of aromatic amines is 2. The molecule has 7 rings (SSSR count). The minimum absolute atomic E-state index is 0.157. The van der Waals surface area contributed by atoms with Crippen molar-refractivity contribution in [2.45, 2.75) is 25.8 Å². The number of hydrogen-bond acceptors (Lipinski definition) is 6. The number of nitrogens with zero attached hydrogens (tertiary/aromatic N) is 7. The third-order valence-corrected chi connectivity index (χ3v) is 7.01. The third kappa shape index (κ3) is 4.13. The van der Waals surface area contributed by atoms with Crippen LogP contribution in [0.15, 0.2) is 55.4 Å². The van der Waals surface area contributed by atoms with Gasteiger partial charge in [0.05, 0.1) is 35.2 Å². The van der Waals surface area contributed by atoms with Gasteiger partial charge >= 0.3 is 0 Å². The molecule has 0 unspecified atom stereocenters. The summed E-state index contributed by atoms with van der Waals surface area (Å²) in [5.41, 5.74) is 5.25. The molecular weight excluding hydrogens is 507 g/mol. The van der Waals surface area contributed by atoms with Crippen LogP contribution in [0.25, 0.3) is 50.4 Å². The van der Waals surface area contributed by atoms with Gasteiger partial charge in [-0.05, 0) is 36.8 Å². The molecule has 0 aliphatic carbocycles. The second-order valence-electron chi connectivity index (χ2n) is 9.86. The molecule has 9 nitrogen and oxygen atoms in total. The Morgan fingerprint density at radius 2 is 2.03 bits per heavy atom. The number of hydrogen-bond donors (Lipinski definition) is 2. The number of likely N-dealkylation sites (tertiary alicyclic amines) is 1. The Balaban J connectivity index is 1.28. The molecule has 0 spiro atoms. The van der Waals surface area contributed by atoms with Gasteiger partial charge in [0.1, 0.15) is 17.0 Å². The second-order valence-corrected chi connectivity index (χ2v) is 9.86. The van der Waals surface area contributed by atoms with Crippen LogP contribution in [0.2, 0.25) is 0 Å². The fraction of sp³-hybridized carbons (Fsp3) is 0.222. The van der Waals surface area contributed by atoms with Crippen LogP contribution in [-0.4, -0.2) is 63.6 Å². The van der Waals surface area contributed by atoms with E-state index in [1.165, 1.54) is 0 Å². The van der Waals surface area contributed by atoms with Gasteiger partial charge in [0.2, 0.25) is 0 Å². The van der Waals surface area contributed by atoms with Crippen molar-refractivity contribution < 1.29 is 13.2 Å². The topological polar surface area (TPSA) is 104 Å². The average molecular weight is 530 g/mol. The zero-order valence-electron chi connectivity index (χ0n) is 20.8. The Morgan fingerprint density at radius 1 is 1.13 bits per heavy atom. The summed E-state index contributed by atoms with van der Waals surface area (Å²) >= 11 is 0. The molecule has 0 amide bonds. The number of alkyl halides is 2. The van der Waals surface area contributed by atoms with Crippen molar-refractivity contribution in [1.29, 1.82) is 0 Å². The molecule has 0 radical (unpaired) electrons. The quantitative estimate of drug-likeness (QED) is 0.324. The summed E-state index contributed by atoms with van der Waals surface area (Å²) in [6.45, 7) is 2.25. The van der Waals surface area contributed by atoms with E-state index in [1.54, 1.807) is 48.0 Å². The zero-order valence-corrected chi connectivity index (χ0v) is 20.8. The van der Waals surface area contributed by atoms with Crippen LogP contribution in [0.1, 0.15) is 17.7 Å². The van der Waals surface area contributed by atoms with Gasteiger partial charge in [-0.1, -0.05) is 0 Å². The first-order valence-corrected chi connectivity index (χ1v) is 12.4. The smallest absolute Gasteiger partial charge is 0.261 e. The predicted molar refractivity (Wildman–Crippen MR) is 139 cm³/mol. The lowest BCUT2D eigenvalue weighted by molar-refractivity contribution is 0.0115. The largest absolute Gasteiger partial charge is 0.333 e. The number of rotatable bonds is 5. The molecule has 2 N–H and O–H groups in total. The molecule has 0 atom stereocenters. The van der Waals surface area contributed by atoms with Crippen LogP contribution >= 0.6 is 0 Å². The predicted octanol–water partition coefficient (Wildman–Crippen LogP) is 5.04. The number of nitrogens with one attached hydrogen (secondary N) is 2. The van der Waals surface area contributed by atoms with E-state index in [2.05, 4.69) is 35.1 Å². The minimum Gasteiger partial charge on any atom is -0.333 e. The van der Waals surface area contributed by atoms with E-state index in [4.69, 9.17) is 0 Å². The number of halogens is 3. The molecule has 6 aromatic rings. The van der Waals surface area contributed by atoms with E-state index in [0.717, 1.165) is 16.9 Å². The zero-order chi connectivity index (χ0) is 26.7. The van der Waals surface area contributed by atoms with Crippen molar-refractivity contribution in [2.24, 2.45) is 0 Å². The van der Waals surface area contributed by atoms with Gasteiger partial charge in [0.15, 0.2) is 11.5 Å². The van der Waals surface area contributed by atoms with Crippen molar-refractivity contribution in [2.75, 3.05) is 13.1 Å². The fourth-order valence-electron chi connectivity index (χ4n) is 5.17. The molecule has 0 bridgehead atoms. The van der Waals surface area contributed by atoms with Crippen LogP contribution in [0.4, 0.5) is 13.2 Å². The molecule has 6 heterocycles. The Hall–Kier alpha value is -4.58. The van der Waals surface area contributed by atoms with Crippen LogP contribution in [0.3, 0.4) is 0 Å². The minimum atomic E-state index is -2.68. The highest BCUT2D eigenvalue weighted by molar-refractivity contribution is 5.96. The third-order valence-electron chi connectivity index (χ3n) is 7.01. The highest BCUT2D eigenvalue weighted by atomic mass is 19.3. The summed E-state index contributed by atoms with van der Waals surface area (Å²) in [5, 5.41) is 7.53. The van der Waals surface area contributed by atoms with Gasteiger partial charge < -0.3 is 9.55 Å². The molecule has 1 aliphatic rings. The fourth-order valence-corrected chi connectivity index (χ4v) is 5.17. The Morgan fingerprint density at radius 3 is 2.82 bits per heavy atom. The van der Waals surface area contributed by atoms with Crippen LogP contribution in [-0.2, 0) is 6.54 Å². The molecule has 1 aliphatic heterocycles. The average Bonchev–Trinajstić information content (AvgIpc) is 3.70. The molecule has 1 aromatic carbocycles. The lowest BCUT2D eigenvalue weighted by Gasteiger charge is -2.16. The van der Waals surface area contributed by atoms with Crippen molar-refractivity contribution >= 4 is 22.1 Å². The van der Waals surface area contributed by atoms with Gasteiger partial charge in [-0.25, -0.2) is 28.1 Å². The van der Waals surface area contributed by atoms with Crippen molar-refractivity contribution in [3.63, 3.8) is 0 Å². The van der Waals surface area contributed by atoms with E-state index in [1.807, 2.05) is 23.8 Å². The lowest BCUT2D eigenvalue weighted by Crippen LogP contribution is -2.24. The van der Waals surface area contributed by atoms with Gasteiger partial charge in [0.25, 0.3) is 5.92 Å². The maximum atomic E-state index is 16.1. The molecule has 12 heteroatoms. The van der Waals surface area contributed by atoms with Gasteiger partial charge in [-0.15, -0.1) is 0 Å². The van der Waals surface area contributed by atoms with Gasteiger partial charge in [-0.3, -0.25) is 15.0 Å². The van der Waals surface area contributed by atoms with Gasteiger partial charge in [0, 0.05) is 55.4 Å². The molecule has 1 fully saturated rings. The number of benzene rings is 1. The van der Waals surface area contributed by atoms with Crippen molar-refractivity contribution in [3.8, 4) is 28.3 Å². The monoisotopic (exact) mass is 529 g/mol. The molecule has 1 saturated heterocycles. The molecular formula is C27H22F3N9. The van der Waals surface area contributed by atoms with Crippen LogP contribution < -0.4 is 0 Å². The molecule has 0 saturated carbocycles. The second kappa shape index (κ2) is 8.73. The first-order valence-electron chi connectivity index (χ1n) is 12.4. The SMILES string of the molecule is Cc1cn(-c2ccnc3nc(-c4n[nH]c5ccc(-c6cncc(CN7CCC(F)(F)C7)c6)c(F)c45)[nH]c23)cn1. The van der Waals surface area contributed by atoms with Crippen molar-refractivity contribution in [3.05, 3.63) is 72.5 Å². The Bertz CT molecular complexity index is 1850. The molecule has 196 valence electrons. The summed E-state index contributed by atoms with van der Waals surface area (Å²) in [6.07, 6.45) is 8.29. The number of aryl methyl sites for hydroxylation is 1. The number of fused-ring (bicyclic) bond motifs is 2. The van der Waals surface area contributed by atoms with E-state index in [9.17, 15) is 8.78 Å². The molecule has 5 aromatic heterocycles. The number of imidazole rings is 2. The molecule has 39 heavy (non-hydrogen) atoms. The van der Waals surface area contributed by atoms with E-state index < -0.39 is 11.7 Å². The number of aromatic nitrogens is 8.